The Hall–Kier alpha value is -3.44. The van der Waals surface area contributed by atoms with Gasteiger partial charge in [-0.15, -0.1) is 0 Å². The lowest BCUT2D eigenvalue weighted by Crippen LogP contribution is -2.06. The van der Waals surface area contributed by atoms with Crippen LogP contribution in [0.5, 0.6) is 11.5 Å². The summed E-state index contributed by atoms with van der Waals surface area (Å²) in [6.07, 6.45) is 1.57. The SMILES string of the molecule is CCOc1cc(/C=C2\N=C(c3ccc([N+](=O)[O-])cc3Cl)OC2=O)cc(I)c1OCc1ccccc1. The molecule has 0 aliphatic carbocycles. The van der Waals surface area contributed by atoms with Crippen LogP contribution in [0.2, 0.25) is 5.02 Å². The van der Waals surface area contributed by atoms with Crippen molar-refractivity contribution in [2.24, 2.45) is 4.99 Å². The second kappa shape index (κ2) is 10.9. The van der Waals surface area contributed by atoms with Crippen LogP contribution in [0.3, 0.4) is 0 Å². The van der Waals surface area contributed by atoms with Gasteiger partial charge in [0.05, 0.1) is 25.7 Å². The average molecular weight is 605 g/mol. The smallest absolute Gasteiger partial charge is 0.363 e. The maximum Gasteiger partial charge on any atom is 0.363 e. The van der Waals surface area contributed by atoms with E-state index in [0.29, 0.717) is 30.3 Å². The molecule has 0 amide bonds. The monoisotopic (exact) mass is 604 g/mol. The van der Waals surface area contributed by atoms with E-state index in [9.17, 15) is 14.9 Å². The maximum absolute atomic E-state index is 12.5. The van der Waals surface area contributed by atoms with Gasteiger partial charge in [0, 0.05) is 12.1 Å². The fraction of sp³-hybridized carbons (Fsp3) is 0.120. The summed E-state index contributed by atoms with van der Waals surface area (Å²) in [5.41, 5.74) is 1.86. The number of carbonyl (C=O) groups excluding carboxylic acids is 1. The van der Waals surface area contributed by atoms with Gasteiger partial charge in [-0.1, -0.05) is 41.9 Å². The summed E-state index contributed by atoms with van der Waals surface area (Å²) in [4.78, 5) is 27.1. The zero-order valence-corrected chi connectivity index (χ0v) is 21.3. The average Bonchev–Trinajstić information content (AvgIpc) is 3.19. The lowest BCUT2D eigenvalue weighted by Gasteiger charge is -2.15. The molecule has 0 bridgehead atoms. The Kier molecular flexibility index (Phi) is 7.67. The predicted molar refractivity (Wildman–Crippen MR) is 140 cm³/mol. The molecule has 0 spiro atoms. The van der Waals surface area contributed by atoms with Crippen molar-refractivity contribution in [3.63, 3.8) is 0 Å². The number of nitro benzene ring substituents is 1. The van der Waals surface area contributed by atoms with Crippen molar-refractivity contribution in [1.29, 1.82) is 0 Å². The van der Waals surface area contributed by atoms with Crippen molar-refractivity contribution < 1.29 is 23.9 Å². The van der Waals surface area contributed by atoms with Crippen LogP contribution in [0.15, 0.2) is 71.4 Å². The highest BCUT2D eigenvalue weighted by atomic mass is 127. The molecule has 0 N–H and O–H groups in total. The van der Waals surface area contributed by atoms with Crippen molar-refractivity contribution >= 4 is 57.8 Å². The molecule has 8 nitrogen and oxygen atoms in total. The molecule has 178 valence electrons. The number of hydrogen-bond acceptors (Lipinski definition) is 7. The molecule has 0 fully saturated rings. The number of benzene rings is 3. The summed E-state index contributed by atoms with van der Waals surface area (Å²) in [5, 5.41) is 11.0. The van der Waals surface area contributed by atoms with Gasteiger partial charge in [0.25, 0.3) is 5.69 Å². The summed E-state index contributed by atoms with van der Waals surface area (Å²) in [5.74, 6) is 0.459. The van der Waals surface area contributed by atoms with Gasteiger partial charge in [-0.2, -0.15) is 0 Å². The highest BCUT2D eigenvalue weighted by Gasteiger charge is 2.27. The molecule has 0 saturated carbocycles. The van der Waals surface area contributed by atoms with Crippen LogP contribution in [0, 0.1) is 13.7 Å². The molecule has 0 radical (unpaired) electrons. The van der Waals surface area contributed by atoms with E-state index in [0.717, 1.165) is 9.13 Å². The Bertz CT molecular complexity index is 1360. The van der Waals surface area contributed by atoms with Crippen molar-refractivity contribution in [3.05, 3.63) is 102 Å². The van der Waals surface area contributed by atoms with Gasteiger partial charge in [-0.25, -0.2) is 9.79 Å². The molecule has 1 heterocycles. The fourth-order valence-electron chi connectivity index (χ4n) is 3.28. The topological polar surface area (TPSA) is 100 Å². The number of non-ortho nitro benzene ring substituents is 1. The first-order valence-electron chi connectivity index (χ1n) is 10.5. The normalized spacial score (nSPS) is 14.0. The number of rotatable bonds is 8. The lowest BCUT2D eigenvalue weighted by atomic mass is 10.1. The summed E-state index contributed by atoms with van der Waals surface area (Å²) in [6, 6.07) is 17.2. The van der Waals surface area contributed by atoms with Crippen LogP contribution in [0.25, 0.3) is 6.08 Å². The Balaban J connectivity index is 1.62. The molecule has 1 aliphatic rings. The van der Waals surface area contributed by atoms with Gasteiger partial charge in [0.2, 0.25) is 5.90 Å². The van der Waals surface area contributed by atoms with Crippen LogP contribution in [0.1, 0.15) is 23.6 Å². The molecule has 0 atom stereocenters. The molecule has 0 aromatic heterocycles. The van der Waals surface area contributed by atoms with E-state index in [4.69, 9.17) is 25.8 Å². The molecular weight excluding hydrogens is 587 g/mol. The molecule has 1 aliphatic heterocycles. The highest BCUT2D eigenvalue weighted by Crippen LogP contribution is 2.36. The quantitative estimate of drug-likeness (QED) is 0.100. The van der Waals surface area contributed by atoms with Crippen molar-refractivity contribution in [1.82, 2.24) is 0 Å². The second-order valence-corrected chi connectivity index (χ2v) is 8.86. The molecule has 3 aromatic carbocycles. The van der Waals surface area contributed by atoms with Crippen molar-refractivity contribution in [3.8, 4) is 11.5 Å². The van der Waals surface area contributed by atoms with Gasteiger partial charge >= 0.3 is 5.97 Å². The van der Waals surface area contributed by atoms with E-state index in [1.54, 1.807) is 12.1 Å². The van der Waals surface area contributed by atoms with Crippen molar-refractivity contribution in [2.75, 3.05) is 6.61 Å². The first-order valence-corrected chi connectivity index (χ1v) is 11.9. The summed E-state index contributed by atoms with van der Waals surface area (Å²) in [6.45, 7) is 2.69. The molecule has 10 heteroatoms. The minimum absolute atomic E-state index is 0.0244. The molecule has 0 unspecified atom stereocenters. The number of ether oxygens (including phenoxy) is 3. The Morgan fingerprint density at radius 2 is 1.91 bits per heavy atom. The third kappa shape index (κ3) is 5.80. The van der Waals surface area contributed by atoms with Gasteiger partial charge in [0.1, 0.15) is 6.61 Å². The molecule has 4 rings (SSSR count). The minimum Gasteiger partial charge on any atom is -0.490 e. The number of cyclic esters (lactones) is 1. The van der Waals surface area contributed by atoms with Gasteiger partial charge in [-0.05, 0) is 64.9 Å². The van der Waals surface area contributed by atoms with Gasteiger partial charge in [0.15, 0.2) is 17.2 Å². The molecule has 35 heavy (non-hydrogen) atoms. The number of halogens is 2. The van der Waals surface area contributed by atoms with E-state index in [-0.39, 0.29) is 27.9 Å². The lowest BCUT2D eigenvalue weighted by molar-refractivity contribution is -0.384. The maximum atomic E-state index is 12.5. The standard InChI is InChI=1S/C25H18ClIN2O6/c1-2-33-22-12-16(10-20(27)23(22)34-14-15-6-4-3-5-7-15)11-21-25(30)35-24(28-21)18-9-8-17(29(31)32)13-19(18)26/h3-13H,2,14H2,1H3/b21-11-. The van der Waals surface area contributed by atoms with E-state index in [1.165, 1.54) is 18.2 Å². The second-order valence-electron chi connectivity index (χ2n) is 7.29. The predicted octanol–water partition coefficient (Wildman–Crippen LogP) is 6.18. The third-order valence-corrected chi connectivity index (χ3v) is 5.99. The van der Waals surface area contributed by atoms with Crippen LogP contribution in [0.4, 0.5) is 5.69 Å². The Morgan fingerprint density at radius 3 is 2.60 bits per heavy atom. The third-order valence-electron chi connectivity index (χ3n) is 4.88. The number of carbonyl (C=O) groups is 1. The number of hydrogen-bond donors (Lipinski definition) is 0. The first-order chi connectivity index (χ1) is 16.9. The Morgan fingerprint density at radius 1 is 1.14 bits per heavy atom. The minimum atomic E-state index is -0.660. The van der Waals surface area contributed by atoms with E-state index < -0.39 is 10.9 Å². The number of esters is 1. The first kappa shape index (κ1) is 24.7. The molecule has 3 aromatic rings. The largest absolute Gasteiger partial charge is 0.490 e. The van der Waals surface area contributed by atoms with Crippen molar-refractivity contribution in [2.45, 2.75) is 13.5 Å². The fourth-order valence-corrected chi connectivity index (χ4v) is 4.31. The van der Waals surface area contributed by atoms with Gasteiger partial charge < -0.3 is 14.2 Å². The Labute approximate surface area is 219 Å². The summed E-state index contributed by atoms with van der Waals surface area (Å²) in [7, 11) is 0. The van der Waals surface area contributed by atoms with Crippen LogP contribution >= 0.6 is 34.2 Å². The molecular formula is C25H18ClIN2O6. The number of nitrogens with zero attached hydrogens (tertiary/aromatic N) is 2. The highest BCUT2D eigenvalue weighted by molar-refractivity contribution is 14.1. The zero-order chi connectivity index (χ0) is 24.9. The number of aliphatic imine (C=N–C) groups is 1. The van der Waals surface area contributed by atoms with Crippen LogP contribution in [-0.4, -0.2) is 23.4 Å². The number of nitro groups is 1. The zero-order valence-electron chi connectivity index (χ0n) is 18.4. The van der Waals surface area contributed by atoms with Crippen LogP contribution in [-0.2, 0) is 16.1 Å². The molecule has 0 saturated heterocycles. The summed E-state index contributed by atoms with van der Waals surface area (Å²) >= 11 is 8.30. The van der Waals surface area contributed by atoms with Gasteiger partial charge in [-0.3, -0.25) is 10.1 Å². The van der Waals surface area contributed by atoms with E-state index in [1.807, 2.05) is 43.3 Å². The summed E-state index contributed by atoms with van der Waals surface area (Å²) < 4.78 is 17.9. The van der Waals surface area contributed by atoms with Crippen LogP contribution < -0.4 is 9.47 Å². The van der Waals surface area contributed by atoms with E-state index in [2.05, 4.69) is 27.6 Å². The van der Waals surface area contributed by atoms with E-state index >= 15 is 0 Å².